The zero-order chi connectivity index (χ0) is 27.3. The Balaban J connectivity index is 1.85. The van der Waals surface area contributed by atoms with Crippen LogP contribution in [0, 0.1) is 0 Å². The van der Waals surface area contributed by atoms with Crippen LogP contribution in [0.2, 0.25) is 0 Å². The summed E-state index contributed by atoms with van der Waals surface area (Å²) in [6.07, 6.45) is -6.54. The number of hydrogen-bond acceptors (Lipinski definition) is 14. The number of hydrogen-bond donors (Lipinski definition) is 9. The lowest BCUT2D eigenvalue weighted by Crippen LogP contribution is -2.35. The zero-order valence-corrected chi connectivity index (χ0v) is 20.6. The number of nitrogens with one attached hydrogen (secondary N) is 1. The standard InChI is InChI=1S/C10H17N5O17P4/c11-10-13-7-4(8(17)14-10)12-2-15(7)9-6(30-33(18,19)20)5(16)3(29-9)1-28-35(24,25)32-36(26,27)31-34(21,22)23/h2-3,5-6,9,16H,1H2,(H,24,25)(H,26,27)(H2,18,19,20)(H2,21,22,23)(H3,11,13,14,17)/t3-,5-,6-,9-/m1/s1. The van der Waals surface area contributed by atoms with Crippen molar-refractivity contribution in [3.05, 3.63) is 16.7 Å². The van der Waals surface area contributed by atoms with E-state index < -0.39 is 68.0 Å². The van der Waals surface area contributed by atoms with Crippen LogP contribution in [0.15, 0.2) is 11.1 Å². The number of phosphoric acid groups is 4. The lowest BCUT2D eigenvalue weighted by atomic mass is 10.1. The molecule has 3 heterocycles. The quantitative estimate of drug-likeness (QED) is 0.130. The van der Waals surface area contributed by atoms with Gasteiger partial charge in [-0.15, -0.1) is 0 Å². The van der Waals surface area contributed by atoms with Crippen LogP contribution in [0.1, 0.15) is 6.23 Å². The van der Waals surface area contributed by atoms with E-state index in [2.05, 4.69) is 32.6 Å². The monoisotopic (exact) mass is 603 g/mol. The normalized spacial score (nSPS) is 26.6. The molecule has 2 aromatic rings. The summed E-state index contributed by atoms with van der Waals surface area (Å²) >= 11 is 0. The summed E-state index contributed by atoms with van der Waals surface area (Å²) in [5.74, 6) is -0.385. The van der Waals surface area contributed by atoms with Crippen LogP contribution in [0.25, 0.3) is 11.2 Å². The summed E-state index contributed by atoms with van der Waals surface area (Å²) in [5.41, 5.74) is 4.10. The number of aromatic amines is 1. The van der Waals surface area contributed by atoms with Gasteiger partial charge >= 0.3 is 31.3 Å². The van der Waals surface area contributed by atoms with E-state index >= 15 is 0 Å². The van der Waals surface area contributed by atoms with Crippen molar-refractivity contribution in [2.75, 3.05) is 12.3 Å². The molecule has 1 aliphatic heterocycles. The molecule has 1 fully saturated rings. The second-order valence-corrected chi connectivity index (χ2v) is 12.4. The molecular weight excluding hydrogens is 586 g/mol. The van der Waals surface area contributed by atoms with E-state index in [-0.39, 0.29) is 17.1 Å². The van der Waals surface area contributed by atoms with Crippen molar-refractivity contribution in [3.63, 3.8) is 0 Å². The van der Waals surface area contributed by atoms with E-state index in [0.29, 0.717) is 0 Å². The van der Waals surface area contributed by atoms with Gasteiger partial charge in [-0.05, 0) is 0 Å². The van der Waals surface area contributed by atoms with Crippen LogP contribution in [0.3, 0.4) is 0 Å². The Hall–Kier alpha value is -1.41. The van der Waals surface area contributed by atoms with Crippen molar-refractivity contribution in [3.8, 4) is 0 Å². The zero-order valence-electron chi connectivity index (χ0n) is 17.0. The average molecular weight is 603 g/mol. The van der Waals surface area contributed by atoms with Crippen molar-refractivity contribution < 1.29 is 75.1 Å². The lowest BCUT2D eigenvalue weighted by molar-refractivity contribution is -0.0497. The van der Waals surface area contributed by atoms with E-state index in [9.17, 15) is 47.7 Å². The minimum atomic E-state index is -5.84. The van der Waals surface area contributed by atoms with Crippen molar-refractivity contribution >= 4 is 48.4 Å². The van der Waals surface area contributed by atoms with Crippen molar-refractivity contribution in [1.29, 1.82) is 0 Å². The highest BCUT2D eigenvalue weighted by molar-refractivity contribution is 7.66. The predicted molar refractivity (Wildman–Crippen MR) is 109 cm³/mol. The second kappa shape index (κ2) is 10.0. The molecule has 0 bridgehead atoms. The second-order valence-electron chi connectivity index (χ2n) is 6.78. The van der Waals surface area contributed by atoms with Crippen LogP contribution in [-0.4, -0.2) is 78.9 Å². The van der Waals surface area contributed by atoms with E-state index in [1.54, 1.807) is 0 Å². The number of ether oxygens (including phenoxy) is 1. The van der Waals surface area contributed by atoms with Gasteiger partial charge in [0, 0.05) is 0 Å². The molecule has 204 valence electrons. The van der Waals surface area contributed by atoms with E-state index in [1.807, 2.05) is 0 Å². The number of nitrogens with two attached hydrogens (primary N) is 1. The molecular formula is C10H17N5O17P4. The summed E-state index contributed by atoms with van der Waals surface area (Å²) in [6, 6.07) is 0. The maximum Gasteiger partial charge on any atom is 0.490 e. The number of imidazole rings is 1. The number of aliphatic hydroxyl groups is 1. The molecule has 3 rings (SSSR count). The first-order valence-electron chi connectivity index (χ1n) is 8.85. The number of nitrogen functional groups attached to an aromatic ring is 1. The third-order valence-corrected chi connectivity index (χ3v) is 8.44. The summed E-state index contributed by atoms with van der Waals surface area (Å²) < 4.78 is 67.7. The van der Waals surface area contributed by atoms with E-state index in [4.69, 9.17) is 20.3 Å². The summed E-state index contributed by atoms with van der Waals surface area (Å²) in [6.45, 7) is -1.19. The fourth-order valence-corrected chi connectivity index (χ4v) is 6.53. The predicted octanol–water partition coefficient (Wildman–Crippen LogP) is -2.22. The van der Waals surface area contributed by atoms with E-state index in [1.165, 1.54) is 0 Å². The Morgan fingerprint density at radius 1 is 1.06 bits per heavy atom. The maximum absolute atomic E-state index is 12.0. The number of aliphatic hydroxyl groups excluding tert-OH is 1. The molecule has 0 saturated carbocycles. The molecule has 22 nitrogen and oxygen atoms in total. The van der Waals surface area contributed by atoms with Gasteiger partial charge in [-0.3, -0.25) is 23.4 Å². The SMILES string of the molecule is Nc1nc2c(ncn2[C@@H]2O[C@H](COP(=O)(O)OP(=O)(O)OP(=O)(O)O)[C@@H](O)[C@H]2OP(=O)(O)O)c(=O)[nH]1. The van der Waals surface area contributed by atoms with Gasteiger partial charge in [0.2, 0.25) is 5.95 Å². The summed E-state index contributed by atoms with van der Waals surface area (Å²) in [4.78, 5) is 75.9. The molecule has 10 N–H and O–H groups in total. The Bertz CT molecular complexity index is 1380. The van der Waals surface area contributed by atoms with Gasteiger partial charge in [0.1, 0.15) is 18.3 Å². The third kappa shape index (κ3) is 7.33. The number of aromatic nitrogens is 4. The molecule has 36 heavy (non-hydrogen) atoms. The number of fused-ring (bicyclic) bond motifs is 1. The molecule has 6 atom stereocenters. The highest BCUT2D eigenvalue weighted by atomic mass is 31.3. The molecule has 1 aliphatic rings. The summed E-state index contributed by atoms with van der Waals surface area (Å²) in [5, 5.41) is 10.5. The van der Waals surface area contributed by atoms with Crippen LogP contribution >= 0.6 is 31.3 Å². The van der Waals surface area contributed by atoms with Gasteiger partial charge in [-0.1, -0.05) is 0 Å². The van der Waals surface area contributed by atoms with Gasteiger partial charge < -0.3 is 44.9 Å². The summed E-state index contributed by atoms with van der Waals surface area (Å²) in [7, 11) is -22.4. The first kappa shape index (κ1) is 29.2. The van der Waals surface area contributed by atoms with Crippen molar-refractivity contribution in [2.45, 2.75) is 24.5 Å². The highest BCUT2D eigenvalue weighted by Crippen LogP contribution is 2.66. The molecule has 2 aromatic heterocycles. The number of H-pyrrole nitrogens is 1. The van der Waals surface area contributed by atoms with Crippen LogP contribution in [0.5, 0.6) is 0 Å². The minimum Gasteiger partial charge on any atom is -0.387 e. The molecule has 0 aliphatic carbocycles. The molecule has 26 heteroatoms. The molecule has 0 amide bonds. The van der Waals surface area contributed by atoms with Crippen LogP contribution in [0.4, 0.5) is 5.95 Å². The lowest BCUT2D eigenvalue weighted by Gasteiger charge is -2.22. The molecule has 0 radical (unpaired) electrons. The van der Waals surface area contributed by atoms with E-state index in [0.717, 1.165) is 10.9 Å². The number of rotatable bonds is 10. The molecule has 0 aromatic carbocycles. The van der Waals surface area contributed by atoms with Gasteiger partial charge in [0.05, 0.1) is 12.9 Å². The Morgan fingerprint density at radius 3 is 2.28 bits per heavy atom. The van der Waals surface area contributed by atoms with Gasteiger partial charge in [0.15, 0.2) is 17.4 Å². The first-order valence-corrected chi connectivity index (χ1v) is 14.9. The largest absolute Gasteiger partial charge is 0.490 e. The fraction of sp³-hybridized carbons (Fsp3) is 0.500. The highest BCUT2D eigenvalue weighted by Gasteiger charge is 2.50. The Kier molecular flexibility index (Phi) is 8.14. The van der Waals surface area contributed by atoms with Crippen molar-refractivity contribution in [1.82, 2.24) is 19.5 Å². The Labute approximate surface area is 197 Å². The fourth-order valence-electron chi connectivity index (χ4n) is 2.95. The number of phosphoric ester groups is 2. The minimum absolute atomic E-state index is 0.277. The molecule has 2 unspecified atom stereocenters. The topological polar surface area (TPSA) is 346 Å². The maximum atomic E-state index is 12.0. The number of anilines is 1. The smallest absolute Gasteiger partial charge is 0.387 e. The number of nitrogens with zero attached hydrogens (tertiary/aromatic N) is 3. The average Bonchev–Trinajstić information content (AvgIpc) is 3.18. The molecule has 0 spiro atoms. The van der Waals surface area contributed by atoms with Gasteiger partial charge in [0.25, 0.3) is 5.56 Å². The molecule has 1 saturated heterocycles. The van der Waals surface area contributed by atoms with Crippen LogP contribution < -0.4 is 11.3 Å². The van der Waals surface area contributed by atoms with Crippen molar-refractivity contribution in [2.24, 2.45) is 0 Å². The third-order valence-electron chi connectivity index (χ3n) is 4.11. The van der Waals surface area contributed by atoms with Gasteiger partial charge in [-0.25, -0.2) is 23.2 Å². The van der Waals surface area contributed by atoms with Crippen LogP contribution in [-0.2, 0) is 40.7 Å². The Morgan fingerprint density at radius 2 is 1.69 bits per heavy atom. The van der Waals surface area contributed by atoms with Gasteiger partial charge in [-0.2, -0.15) is 13.6 Å². The first-order chi connectivity index (χ1) is 16.3.